The molecule has 1 aromatic carbocycles. The van der Waals surface area contributed by atoms with Gasteiger partial charge in [-0.15, -0.1) is 0 Å². The fourth-order valence-electron chi connectivity index (χ4n) is 1.36. The van der Waals surface area contributed by atoms with Crippen molar-refractivity contribution in [2.45, 2.75) is 6.42 Å². The number of esters is 1. The van der Waals surface area contributed by atoms with Gasteiger partial charge in [-0.05, 0) is 37.7 Å². The monoisotopic (exact) mass is 253 g/mol. The first-order chi connectivity index (χ1) is 8.19. The van der Waals surface area contributed by atoms with Crippen LogP contribution in [0.25, 0.3) is 6.08 Å². The lowest BCUT2D eigenvalue weighted by molar-refractivity contribution is 0.0601. The molecule has 0 amide bonds. The zero-order valence-electron chi connectivity index (χ0n) is 10.00. The van der Waals surface area contributed by atoms with E-state index >= 15 is 0 Å². The lowest BCUT2D eigenvalue weighted by Crippen LogP contribution is -2.05. The minimum Gasteiger partial charge on any atom is -0.465 e. The molecule has 0 aliphatic carbocycles. The maximum atomic E-state index is 11.4. The van der Waals surface area contributed by atoms with Gasteiger partial charge < -0.3 is 10.1 Å². The molecular weight excluding hydrogens is 238 g/mol. The van der Waals surface area contributed by atoms with Gasteiger partial charge in [-0.3, -0.25) is 0 Å². The molecule has 0 aliphatic rings. The summed E-state index contributed by atoms with van der Waals surface area (Å²) in [6.45, 7) is 0.925. The van der Waals surface area contributed by atoms with E-state index in [1.54, 1.807) is 12.1 Å². The molecule has 0 aliphatic heterocycles. The number of ether oxygens (including phenoxy) is 1. The number of hydrogen-bond donors (Lipinski definition) is 1. The van der Waals surface area contributed by atoms with Crippen molar-refractivity contribution in [2.24, 2.45) is 0 Å². The minimum atomic E-state index is -0.416. The van der Waals surface area contributed by atoms with Gasteiger partial charge in [-0.2, -0.15) is 0 Å². The number of carbonyl (C=O) groups is 1. The summed E-state index contributed by atoms with van der Waals surface area (Å²) in [4.78, 5) is 11.4. The molecule has 0 saturated carbocycles. The standard InChI is InChI=1S/C13H16ClNO2/c1-15-8-4-3-5-10-6-7-12(14)11(9-10)13(16)17-2/h3,5-7,9,15H,4,8H2,1-2H3. The average molecular weight is 254 g/mol. The van der Waals surface area contributed by atoms with Crippen molar-refractivity contribution in [1.82, 2.24) is 5.32 Å². The van der Waals surface area contributed by atoms with Gasteiger partial charge in [0.05, 0.1) is 17.7 Å². The molecule has 1 aromatic rings. The van der Waals surface area contributed by atoms with Crippen LogP contribution in [0.5, 0.6) is 0 Å². The van der Waals surface area contributed by atoms with Crippen molar-refractivity contribution in [1.29, 1.82) is 0 Å². The van der Waals surface area contributed by atoms with Crippen LogP contribution in [0.2, 0.25) is 5.02 Å². The first-order valence-electron chi connectivity index (χ1n) is 5.38. The van der Waals surface area contributed by atoms with Crippen molar-refractivity contribution in [3.63, 3.8) is 0 Å². The molecule has 17 heavy (non-hydrogen) atoms. The summed E-state index contributed by atoms with van der Waals surface area (Å²) >= 11 is 5.92. The molecular formula is C13H16ClNO2. The smallest absolute Gasteiger partial charge is 0.339 e. The van der Waals surface area contributed by atoms with E-state index in [0.29, 0.717) is 10.6 Å². The van der Waals surface area contributed by atoms with Gasteiger partial charge in [0, 0.05) is 0 Å². The molecule has 0 radical (unpaired) electrons. The normalized spacial score (nSPS) is 10.8. The van der Waals surface area contributed by atoms with Crippen molar-refractivity contribution >= 4 is 23.6 Å². The van der Waals surface area contributed by atoms with E-state index in [0.717, 1.165) is 18.5 Å². The zero-order valence-corrected chi connectivity index (χ0v) is 10.8. The van der Waals surface area contributed by atoms with E-state index in [2.05, 4.69) is 10.1 Å². The lowest BCUT2D eigenvalue weighted by atomic mass is 10.1. The van der Waals surface area contributed by atoms with E-state index in [4.69, 9.17) is 11.6 Å². The summed E-state index contributed by atoms with van der Waals surface area (Å²) in [6.07, 6.45) is 4.94. The van der Waals surface area contributed by atoms with Crippen molar-refractivity contribution in [2.75, 3.05) is 20.7 Å². The number of nitrogens with one attached hydrogen (secondary N) is 1. The number of benzene rings is 1. The first kappa shape index (κ1) is 13.7. The van der Waals surface area contributed by atoms with Gasteiger partial charge in [-0.25, -0.2) is 4.79 Å². The van der Waals surface area contributed by atoms with E-state index in [1.807, 2.05) is 25.3 Å². The summed E-state index contributed by atoms with van der Waals surface area (Å²) in [5.74, 6) is -0.416. The highest BCUT2D eigenvalue weighted by molar-refractivity contribution is 6.33. The predicted molar refractivity (Wildman–Crippen MR) is 70.4 cm³/mol. The van der Waals surface area contributed by atoms with Crippen LogP contribution >= 0.6 is 11.6 Å². The number of hydrogen-bond acceptors (Lipinski definition) is 3. The first-order valence-corrected chi connectivity index (χ1v) is 5.76. The second kappa shape index (κ2) is 7.09. The third-order valence-electron chi connectivity index (χ3n) is 2.27. The van der Waals surface area contributed by atoms with Crippen LogP contribution in [-0.4, -0.2) is 26.7 Å². The Morgan fingerprint density at radius 1 is 1.53 bits per heavy atom. The molecule has 92 valence electrons. The van der Waals surface area contributed by atoms with Crippen LogP contribution in [0, 0.1) is 0 Å². The number of methoxy groups -OCH3 is 1. The van der Waals surface area contributed by atoms with Crippen molar-refractivity contribution in [3.8, 4) is 0 Å². The molecule has 4 heteroatoms. The van der Waals surface area contributed by atoms with E-state index in [9.17, 15) is 4.79 Å². The van der Waals surface area contributed by atoms with Gasteiger partial charge in [0.1, 0.15) is 0 Å². The number of rotatable bonds is 5. The maximum absolute atomic E-state index is 11.4. The van der Waals surface area contributed by atoms with Crippen LogP contribution in [0.3, 0.4) is 0 Å². The Bertz CT molecular complexity index is 416. The van der Waals surface area contributed by atoms with Crippen LogP contribution in [0.4, 0.5) is 0 Å². The van der Waals surface area contributed by atoms with Crippen LogP contribution in [0.1, 0.15) is 22.3 Å². The molecule has 1 rings (SSSR count). The summed E-state index contributed by atoms with van der Waals surface area (Å²) < 4.78 is 4.66. The summed E-state index contributed by atoms with van der Waals surface area (Å²) in [5, 5.41) is 3.46. The Labute approximate surface area is 106 Å². The molecule has 0 heterocycles. The quantitative estimate of drug-likeness (QED) is 0.648. The fourth-order valence-corrected chi connectivity index (χ4v) is 1.55. The Hall–Kier alpha value is -1.32. The fraction of sp³-hybridized carbons (Fsp3) is 0.308. The second-order valence-corrected chi connectivity index (χ2v) is 3.93. The molecule has 0 atom stereocenters. The topological polar surface area (TPSA) is 38.3 Å². The Morgan fingerprint density at radius 3 is 2.94 bits per heavy atom. The SMILES string of the molecule is CNCCC=Cc1ccc(Cl)c(C(=O)OC)c1. The highest BCUT2D eigenvalue weighted by Gasteiger charge is 2.10. The molecule has 0 bridgehead atoms. The second-order valence-electron chi connectivity index (χ2n) is 3.53. The molecule has 1 N–H and O–H groups in total. The van der Waals surface area contributed by atoms with Crippen LogP contribution < -0.4 is 5.32 Å². The van der Waals surface area contributed by atoms with Gasteiger partial charge >= 0.3 is 5.97 Å². The Morgan fingerprint density at radius 2 is 2.29 bits per heavy atom. The van der Waals surface area contributed by atoms with E-state index < -0.39 is 5.97 Å². The largest absolute Gasteiger partial charge is 0.465 e. The number of halogens is 1. The van der Waals surface area contributed by atoms with E-state index in [-0.39, 0.29) is 0 Å². The molecule has 0 fully saturated rings. The average Bonchev–Trinajstić information content (AvgIpc) is 2.35. The van der Waals surface area contributed by atoms with Gasteiger partial charge in [0.15, 0.2) is 0 Å². The minimum absolute atomic E-state index is 0.393. The molecule has 0 saturated heterocycles. The van der Waals surface area contributed by atoms with Crippen molar-refractivity contribution in [3.05, 3.63) is 40.4 Å². The third-order valence-corrected chi connectivity index (χ3v) is 2.60. The summed E-state index contributed by atoms with van der Waals surface area (Å²) in [7, 11) is 3.25. The Balaban J connectivity index is 2.81. The third kappa shape index (κ3) is 4.21. The zero-order chi connectivity index (χ0) is 12.7. The van der Waals surface area contributed by atoms with Crippen molar-refractivity contribution < 1.29 is 9.53 Å². The highest BCUT2D eigenvalue weighted by Crippen LogP contribution is 2.19. The molecule has 3 nitrogen and oxygen atoms in total. The van der Waals surface area contributed by atoms with Gasteiger partial charge in [-0.1, -0.05) is 29.8 Å². The Kier molecular flexibility index (Phi) is 5.73. The molecule has 0 unspecified atom stereocenters. The van der Waals surface area contributed by atoms with Crippen LogP contribution in [0.15, 0.2) is 24.3 Å². The molecule has 0 spiro atoms. The molecule has 0 aromatic heterocycles. The lowest BCUT2D eigenvalue weighted by Gasteiger charge is -2.03. The summed E-state index contributed by atoms with van der Waals surface area (Å²) in [5.41, 5.74) is 1.33. The summed E-state index contributed by atoms with van der Waals surface area (Å²) in [6, 6.07) is 5.29. The predicted octanol–water partition coefficient (Wildman–Crippen LogP) is 2.75. The van der Waals surface area contributed by atoms with Gasteiger partial charge in [0.2, 0.25) is 0 Å². The van der Waals surface area contributed by atoms with Gasteiger partial charge in [0.25, 0.3) is 0 Å². The van der Waals surface area contributed by atoms with E-state index in [1.165, 1.54) is 7.11 Å². The number of carbonyl (C=O) groups excluding carboxylic acids is 1. The maximum Gasteiger partial charge on any atom is 0.339 e. The highest BCUT2D eigenvalue weighted by atomic mass is 35.5. The van der Waals surface area contributed by atoms with Crippen LogP contribution in [-0.2, 0) is 4.74 Å².